The van der Waals surface area contributed by atoms with Gasteiger partial charge in [0.15, 0.2) is 0 Å². The maximum absolute atomic E-state index is 12.8. The fraction of sp³-hybridized carbons (Fsp3) is 0.292. The van der Waals surface area contributed by atoms with Gasteiger partial charge in [0, 0.05) is 11.6 Å². The predicted molar refractivity (Wildman–Crippen MR) is 126 cm³/mol. The highest BCUT2D eigenvalue weighted by Crippen LogP contribution is 2.23. The monoisotopic (exact) mass is 449 g/mol. The molecule has 1 aromatic heterocycles. The van der Waals surface area contributed by atoms with Gasteiger partial charge in [-0.3, -0.25) is 24.4 Å². The third-order valence-electron chi connectivity index (χ3n) is 5.48. The molecule has 1 heterocycles. The number of amides is 2. The quantitative estimate of drug-likeness (QED) is 0.394. The number of nitro groups is 1. The summed E-state index contributed by atoms with van der Waals surface area (Å²) in [6, 6.07) is 13.8. The van der Waals surface area contributed by atoms with Crippen LogP contribution in [0.25, 0.3) is 0 Å². The molecule has 0 saturated heterocycles. The molecule has 3 rings (SSSR count). The van der Waals surface area contributed by atoms with Crippen LogP contribution in [0.15, 0.2) is 48.5 Å². The van der Waals surface area contributed by atoms with Gasteiger partial charge in [0.05, 0.1) is 22.7 Å². The van der Waals surface area contributed by atoms with Gasteiger partial charge in [-0.2, -0.15) is 5.10 Å². The Kier molecular flexibility index (Phi) is 7.22. The summed E-state index contributed by atoms with van der Waals surface area (Å²) < 4.78 is 1.58. The average Bonchev–Trinajstić information content (AvgIpc) is 3.07. The van der Waals surface area contributed by atoms with Gasteiger partial charge in [-0.15, -0.1) is 0 Å². The second kappa shape index (κ2) is 10.1. The van der Waals surface area contributed by atoms with Crippen LogP contribution < -0.4 is 10.6 Å². The molecule has 9 heteroatoms. The molecule has 0 aliphatic carbocycles. The van der Waals surface area contributed by atoms with E-state index in [-0.39, 0.29) is 23.5 Å². The zero-order valence-corrected chi connectivity index (χ0v) is 19.1. The highest BCUT2D eigenvalue weighted by molar-refractivity contribution is 6.09. The number of hydrogen-bond acceptors (Lipinski definition) is 5. The molecule has 0 radical (unpaired) electrons. The molecule has 3 aromatic rings. The highest BCUT2D eigenvalue weighted by Gasteiger charge is 2.22. The van der Waals surface area contributed by atoms with Gasteiger partial charge in [0.1, 0.15) is 11.4 Å². The van der Waals surface area contributed by atoms with Crippen molar-refractivity contribution in [1.29, 1.82) is 0 Å². The molecule has 0 aliphatic rings. The topological polar surface area (TPSA) is 119 Å². The number of benzene rings is 2. The van der Waals surface area contributed by atoms with Gasteiger partial charge in [-0.05, 0) is 57.0 Å². The number of para-hydroxylation sites is 1. The van der Waals surface area contributed by atoms with Crippen molar-refractivity contribution in [3.8, 4) is 0 Å². The largest absolute Gasteiger partial charge is 0.350 e. The maximum atomic E-state index is 12.8. The average molecular weight is 450 g/mol. The summed E-state index contributed by atoms with van der Waals surface area (Å²) in [4.78, 5) is 36.1. The van der Waals surface area contributed by atoms with E-state index < -0.39 is 4.92 Å². The van der Waals surface area contributed by atoms with E-state index in [9.17, 15) is 19.7 Å². The summed E-state index contributed by atoms with van der Waals surface area (Å²) >= 11 is 0. The van der Waals surface area contributed by atoms with Crippen molar-refractivity contribution in [2.75, 3.05) is 5.32 Å². The van der Waals surface area contributed by atoms with Crippen molar-refractivity contribution in [2.45, 2.75) is 46.7 Å². The Morgan fingerprint density at radius 1 is 1.09 bits per heavy atom. The highest BCUT2D eigenvalue weighted by atomic mass is 16.6. The Hall–Kier alpha value is -4.01. The Bertz CT molecular complexity index is 1180. The minimum absolute atomic E-state index is 0.0158. The molecule has 0 saturated carbocycles. The zero-order valence-electron chi connectivity index (χ0n) is 19.1. The van der Waals surface area contributed by atoms with Gasteiger partial charge >= 0.3 is 5.69 Å². The lowest BCUT2D eigenvalue weighted by molar-refractivity contribution is -0.386. The molecular weight excluding hydrogens is 422 g/mol. The van der Waals surface area contributed by atoms with Crippen molar-refractivity contribution in [3.63, 3.8) is 0 Å². The van der Waals surface area contributed by atoms with Gasteiger partial charge < -0.3 is 10.6 Å². The first-order valence-electron chi connectivity index (χ1n) is 10.7. The first-order valence-corrected chi connectivity index (χ1v) is 10.7. The van der Waals surface area contributed by atoms with Crippen molar-refractivity contribution >= 4 is 23.2 Å². The first kappa shape index (κ1) is 23.6. The Labute approximate surface area is 192 Å². The molecule has 1 unspecified atom stereocenters. The van der Waals surface area contributed by atoms with E-state index in [1.165, 1.54) is 0 Å². The number of carbonyl (C=O) groups is 2. The third kappa shape index (κ3) is 5.43. The molecule has 172 valence electrons. The number of hydrogen-bond donors (Lipinski definition) is 2. The predicted octanol–water partition coefficient (Wildman–Crippen LogP) is 4.24. The van der Waals surface area contributed by atoms with E-state index in [0.717, 1.165) is 12.0 Å². The van der Waals surface area contributed by atoms with Gasteiger partial charge in [0.25, 0.3) is 11.8 Å². The summed E-state index contributed by atoms with van der Waals surface area (Å²) in [6.45, 7) is 7.52. The van der Waals surface area contributed by atoms with E-state index in [2.05, 4.69) is 15.7 Å². The molecule has 1 atom stereocenters. The number of aryl methyl sites for hydroxylation is 1. The summed E-state index contributed by atoms with van der Waals surface area (Å²) in [7, 11) is 0. The summed E-state index contributed by atoms with van der Waals surface area (Å²) in [5.41, 5.74) is 2.96. The van der Waals surface area contributed by atoms with Gasteiger partial charge in [-0.25, -0.2) is 0 Å². The summed E-state index contributed by atoms with van der Waals surface area (Å²) in [5.74, 6) is -0.582. The molecule has 2 N–H and O–H groups in total. The summed E-state index contributed by atoms with van der Waals surface area (Å²) in [6.07, 6.45) is 0.803. The van der Waals surface area contributed by atoms with Crippen molar-refractivity contribution in [1.82, 2.24) is 15.1 Å². The molecule has 2 amide bonds. The van der Waals surface area contributed by atoms with Crippen LogP contribution in [0.5, 0.6) is 0 Å². The van der Waals surface area contributed by atoms with E-state index >= 15 is 0 Å². The van der Waals surface area contributed by atoms with Crippen LogP contribution in [-0.4, -0.2) is 32.6 Å². The standard InChI is InChI=1S/C24H27N5O4/c1-5-15(2)25-24(31)20-8-6-7-9-21(20)26-23(30)19-12-10-18(11-13-19)14-28-17(4)22(29(32)33)16(3)27-28/h6-13,15H,5,14H2,1-4H3,(H,25,31)(H,26,30). The van der Waals surface area contributed by atoms with Crippen molar-refractivity contribution < 1.29 is 14.5 Å². The Morgan fingerprint density at radius 2 is 1.76 bits per heavy atom. The minimum atomic E-state index is -0.428. The number of nitrogens with zero attached hydrogens (tertiary/aromatic N) is 3. The fourth-order valence-corrected chi connectivity index (χ4v) is 3.43. The van der Waals surface area contributed by atoms with E-state index in [4.69, 9.17) is 0 Å². The number of nitrogens with one attached hydrogen (secondary N) is 2. The Balaban J connectivity index is 1.73. The lowest BCUT2D eigenvalue weighted by Gasteiger charge is -2.14. The summed E-state index contributed by atoms with van der Waals surface area (Å²) in [5, 5.41) is 21.2. The fourth-order valence-electron chi connectivity index (χ4n) is 3.43. The molecular formula is C24H27N5O4. The van der Waals surface area contributed by atoms with Gasteiger partial charge in [0.2, 0.25) is 0 Å². The smallest absolute Gasteiger partial charge is 0.312 e. The molecule has 0 bridgehead atoms. The van der Waals surface area contributed by atoms with Crippen LogP contribution in [0.3, 0.4) is 0 Å². The molecule has 9 nitrogen and oxygen atoms in total. The van der Waals surface area contributed by atoms with Crippen LogP contribution in [0, 0.1) is 24.0 Å². The van der Waals surface area contributed by atoms with E-state index in [0.29, 0.717) is 34.7 Å². The number of carbonyl (C=O) groups excluding carboxylic acids is 2. The molecule has 0 fully saturated rings. The molecule has 2 aromatic carbocycles. The van der Waals surface area contributed by atoms with Gasteiger partial charge in [-0.1, -0.05) is 31.2 Å². The number of anilines is 1. The van der Waals surface area contributed by atoms with Crippen LogP contribution in [0.1, 0.15) is 57.9 Å². The normalized spacial score (nSPS) is 11.6. The maximum Gasteiger partial charge on any atom is 0.312 e. The van der Waals surface area contributed by atoms with E-state index in [1.807, 2.05) is 13.8 Å². The van der Waals surface area contributed by atoms with Crippen LogP contribution in [0.2, 0.25) is 0 Å². The zero-order chi connectivity index (χ0) is 24.1. The van der Waals surface area contributed by atoms with Crippen molar-refractivity contribution in [2.24, 2.45) is 0 Å². The lowest BCUT2D eigenvalue weighted by Crippen LogP contribution is -2.32. The Morgan fingerprint density at radius 3 is 2.36 bits per heavy atom. The number of aromatic nitrogens is 2. The second-order valence-corrected chi connectivity index (χ2v) is 7.91. The molecule has 0 spiro atoms. The SMILES string of the molecule is CCC(C)NC(=O)c1ccccc1NC(=O)c1ccc(Cn2nc(C)c([N+](=O)[O-])c2C)cc1. The van der Waals surface area contributed by atoms with Crippen LogP contribution in [-0.2, 0) is 6.54 Å². The molecule has 0 aliphatic heterocycles. The minimum Gasteiger partial charge on any atom is -0.350 e. The second-order valence-electron chi connectivity index (χ2n) is 7.91. The third-order valence-corrected chi connectivity index (χ3v) is 5.48. The van der Waals surface area contributed by atoms with Crippen LogP contribution >= 0.6 is 0 Å². The number of rotatable bonds is 8. The van der Waals surface area contributed by atoms with Crippen LogP contribution in [0.4, 0.5) is 11.4 Å². The lowest BCUT2D eigenvalue weighted by atomic mass is 10.1. The molecule has 33 heavy (non-hydrogen) atoms. The first-order chi connectivity index (χ1) is 15.7. The van der Waals surface area contributed by atoms with Crippen molar-refractivity contribution in [3.05, 3.63) is 86.7 Å². The van der Waals surface area contributed by atoms with E-state index in [1.54, 1.807) is 67.1 Å².